The van der Waals surface area contributed by atoms with Crippen LogP contribution >= 0.6 is 46.1 Å². The summed E-state index contributed by atoms with van der Waals surface area (Å²) in [7, 11) is 0. The van der Waals surface area contributed by atoms with Crippen LogP contribution in [0.3, 0.4) is 0 Å². The molecule has 0 atom stereocenters. The predicted octanol–water partition coefficient (Wildman–Crippen LogP) is 5.04. The van der Waals surface area contributed by atoms with Crippen LogP contribution in [0.1, 0.15) is 10.4 Å². The van der Waals surface area contributed by atoms with E-state index in [4.69, 9.17) is 41.2 Å². The first-order valence-electron chi connectivity index (χ1n) is 6.76. The summed E-state index contributed by atoms with van der Waals surface area (Å²) in [6.07, 6.45) is 5.44. The molecule has 7 heteroatoms. The Kier molecular flexibility index (Phi) is 4.98. The number of hydrogen-bond acceptors (Lipinski definition) is 2. The molecule has 0 saturated carbocycles. The van der Waals surface area contributed by atoms with Crippen molar-refractivity contribution >= 4 is 62.3 Å². The second kappa shape index (κ2) is 7.00. The molecule has 0 spiro atoms. The summed E-state index contributed by atoms with van der Waals surface area (Å²) in [5, 5.41) is 1.25. The zero-order valence-electron chi connectivity index (χ0n) is 12.1. The van der Waals surface area contributed by atoms with Crippen molar-refractivity contribution in [2.24, 2.45) is 4.99 Å². The summed E-state index contributed by atoms with van der Waals surface area (Å²) in [5.74, 6) is 2.09. The fraction of sp³-hybridized carbons (Fsp3) is 0.0588. The first-order chi connectivity index (χ1) is 11.5. The van der Waals surface area contributed by atoms with Crippen LogP contribution in [0.2, 0.25) is 15.1 Å². The van der Waals surface area contributed by atoms with E-state index in [9.17, 15) is 4.79 Å². The third-order valence-electron chi connectivity index (χ3n) is 3.26. The van der Waals surface area contributed by atoms with Crippen LogP contribution in [0.25, 0.3) is 10.2 Å². The number of halogens is 3. The molecule has 0 radical (unpaired) electrons. The minimum atomic E-state index is -0.467. The normalized spacial score (nSPS) is 11.7. The Bertz CT molecular complexity index is 1060. The van der Waals surface area contributed by atoms with E-state index in [1.807, 2.05) is 12.1 Å². The summed E-state index contributed by atoms with van der Waals surface area (Å²) in [5.41, 5.74) is 1.03. The van der Waals surface area contributed by atoms with E-state index in [0.29, 0.717) is 14.8 Å². The predicted molar refractivity (Wildman–Crippen MR) is 100 cm³/mol. The molecule has 0 bridgehead atoms. The SMILES string of the molecule is C#CCn1c(=NC(=O)c2ccc(Cl)cc2Cl)sc2cccc(Cl)c21. The molecule has 24 heavy (non-hydrogen) atoms. The summed E-state index contributed by atoms with van der Waals surface area (Å²) in [6, 6.07) is 10.1. The molecule has 1 aromatic heterocycles. The van der Waals surface area contributed by atoms with Gasteiger partial charge in [0.05, 0.1) is 32.4 Å². The molecule has 2 aromatic carbocycles. The molecule has 0 aliphatic rings. The second-order valence-electron chi connectivity index (χ2n) is 4.80. The zero-order valence-corrected chi connectivity index (χ0v) is 15.2. The number of benzene rings is 2. The third kappa shape index (κ3) is 3.22. The van der Waals surface area contributed by atoms with E-state index >= 15 is 0 Å². The highest BCUT2D eigenvalue weighted by atomic mass is 35.5. The lowest BCUT2D eigenvalue weighted by Crippen LogP contribution is -2.16. The van der Waals surface area contributed by atoms with Crippen molar-refractivity contribution in [1.29, 1.82) is 0 Å². The Hall–Kier alpha value is -1.77. The number of rotatable bonds is 2. The molecule has 0 unspecified atom stereocenters. The van der Waals surface area contributed by atoms with Gasteiger partial charge < -0.3 is 4.57 Å². The lowest BCUT2D eigenvalue weighted by molar-refractivity contribution is 0.0998. The first-order valence-corrected chi connectivity index (χ1v) is 8.71. The Morgan fingerprint density at radius 2 is 2.00 bits per heavy atom. The van der Waals surface area contributed by atoms with Crippen molar-refractivity contribution in [2.75, 3.05) is 0 Å². The second-order valence-corrected chi connectivity index (χ2v) is 7.06. The van der Waals surface area contributed by atoms with Crippen molar-refractivity contribution < 1.29 is 4.79 Å². The largest absolute Gasteiger partial charge is 0.303 e. The van der Waals surface area contributed by atoms with E-state index < -0.39 is 5.91 Å². The number of nitrogens with zero attached hydrogens (tertiary/aromatic N) is 2. The summed E-state index contributed by atoms with van der Waals surface area (Å²) in [4.78, 5) is 17.1. The van der Waals surface area contributed by atoms with Gasteiger partial charge in [-0.05, 0) is 30.3 Å². The standard InChI is InChI=1S/C17H9Cl3N2OS/c1-2-8-22-15-12(19)4-3-5-14(15)24-17(22)21-16(23)11-7-6-10(18)9-13(11)20/h1,3-7,9H,8H2. The smallest absolute Gasteiger partial charge is 0.281 e. The van der Waals surface area contributed by atoms with Gasteiger partial charge in [-0.2, -0.15) is 4.99 Å². The fourth-order valence-electron chi connectivity index (χ4n) is 2.22. The van der Waals surface area contributed by atoms with Gasteiger partial charge in [0.25, 0.3) is 5.91 Å². The van der Waals surface area contributed by atoms with E-state index in [2.05, 4.69) is 10.9 Å². The third-order valence-corrected chi connectivity index (χ3v) is 5.16. The Morgan fingerprint density at radius 1 is 1.21 bits per heavy atom. The molecule has 0 aliphatic heterocycles. The maximum Gasteiger partial charge on any atom is 0.281 e. The number of carbonyl (C=O) groups is 1. The molecule has 3 aromatic rings. The Balaban J connectivity index is 2.19. The molecule has 1 heterocycles. The lowest BCUT2D eigenvalue weighted by Gasteiger charge is -2.02. The van der Waals surface area contributed by atoms with Crippen LogP contribution in [0.5, 0.6) is 0 Å². The van der Waals surface area contributed by atoms with E-state index in [0.717, 1.165) is 10.2 Å². The van der Waals surface area contributed by atoms with Crippen LogP contribution in [-0.2, 0) is 6.54 Å². The Morgan fingerprint density at radius 3 is 2.71 bits per heavy atom. The molecular formula is C17H9Cl3N2OS. The number of para-hydroxylation sites is 1. The van der Waals surface area contributed by atoms with Gasteiger partial charge in [-0.25, -0.2) is 0 Å². The topological polar surface area (TPSA) is 34.4 Å². The monoisotopic (exact) mass is 394 g/mol. The zero-order chi connectivity index (χ0) is 17.3. The van der Waals surface area contributed by atoms with Crippen LogP contribution in [0.4, 0.5) is 0 Å². The van der Waals surface area contributed by atoms with Gasteiger partial charge in [0.15, 0.2) is 4.80 Å². The molecule has 0 aliphatic carbocycles. The van der Waals surface area contributed by atoms with Crippen LogP contribution in [0, 0.1) is 12.3 Å². The minimum absolute atomic E-state index is 0.249. The summed E-state index contributed by atoms with van der Waals surface area (Å²) in [6.45, 7) is 0.254. The van der Waals surface area contributed by atoms with Gasteiger partial charge in [0, 0.05) is 5.02 Å². The number of fused-ring (bicyclic) bond motifs is 1. The first kappa shape index (κ1) is 17.1. The highest BCUT2D eigenvalue weighted by molar-refractivity contribution is 7.16. The number of carbonyl (C=O) groups excluding carboxylic acids is 1. The molecule has 120 valence electrons. The highest BCUT2D eigenvalue weighted by Crippen LogP contribution is 2.26. The number of hydrogen-bond donors (Lipinski definition) is 0. The van der Waals surface area contributed by atoms with Crippen LogP contribution in [0.15, 0.2) is 41.4 Å². The molecule has 0 saturated heterocycles. The average molecular weight is 396 g/mol. The number of terminal acetylenes is 1. The van der Waals surface area contributed by atoms with Crippen molar-refractivity contribution in [3.05, 3.63) is 61.8 Å². The van der Waals surface area contributed by atoms with Crippen LogP contribution < -0.4 is 4.80 Å². The molecule has 1 amide bonds. The maximum atomic E-state index is 12.5. The molecule has 0 N–H and O–H groups in total. The van der Waals surface area contributed by atoms with Gasteiger partial charge in [0.1, 0.15) is 0 Å². The number of thiazole rings is 1. The summed E-state index contributed by atoms with van der Waals surface area (Å²) >= 11 is 19.5. The Labute approximate surface area is 157 Å². The van der Waals surface area contributed by atoms with Crippen molar-refractivity contribution in [2.45, 2.75) is 6.54 Å². The minimum Gasteiger partial charge on any atom is -0.303 e. The van der Waals surface area contributed by atoms with E-state index in [-0.39, 0.29) is 17.1 Å². The lowest BCUT2D eigenvalue weighted by atomic mass is 10.2. The van der Waals surface area contributed by atoms with Gasteiger partial charge in [-0.1, -0.05) is 58.1 Å². The summed E-state index contributed by atoms with van der Waals surface area (Å²) < 4.78 is 2.64. The number of amides is 1. The van der Waals surface area contributed by atoms with Crippen LogP contribution in [-0.4, -0.2) is 10.5 Å². The maximum absolute atomic E-state index is 12.5. The molecular weight excluding hydrogens is 387 g/mol. The van der Waals surface area contributed by atoms with Gasteiger partial charge in [-0.15, -0.1) is 6.42 Å². The van der Waals surface area contributed by atoms with Gasteiger partial charge in [-0.3, -0.25) is 4.79 Å². The highest BCUT2D eigenvalue weighted by Gasteiger charge is 2.13. The van der Waals surface area contributed by atoms with Crippen molar-refractivity contribution in [1.82, 2.24) is 4.57 Å². The molecule has 0 fully saturated rings. The van der Waals surface area contributed by atoms with Gasteiger partial charge in [0.2, 0.25) is 0 Å². The van der Waals surface area contributed by atoms with Crippen molar-refractivity contribution in [3.63, 3.8) is 0 Å². The fourth-order valence-corrected chi connectivity index (χ4v) is 4.10. The van der Waals surface area contributed by atoms with Gasteiger partial charge >= 0.3 is 0 Å². The average Bonchev–Trinajstić information content (AvgIpc) is 2.86. The molecule has 3 rings (SSSR count). The number of aromatic nitrogens is 1. The molecule has 3 nitrogen and oxygen atoms in total. The van der Waals surface area contributed by atoms with E-state index in [1.165, 1.54) is 17.4 Å². The quantitative estimate of drug-likeness (QED) is 0.560. The van der Waals surface area contributed by atoms with E-state index in [1.54, 1.807) is 22.8 Å². The van der Waals surface area contributed by atoms with Crippen molar-refractivity contribution in [3.8, 4) is 12.3 Å².